The Balaban J connectivity index is 1.86. The number of unbranched alkanes of at least 4 members (excludes halogenated alkanes) is 6. The van der Waals surface area contributed by atoms with Crippen molar-refractivity contribution in [1.82, 2.24) is 5.10 Å². The summed E-state index contributed by atoms with van der Waals surface area (Å²) in [5, 5.41) is 30.0. The maximum absolute atomic E-state index is 12.2. The van der Waals surface area contributed by atoms with Crippen molar-refractivity contribution in [3.8, 4) is 0 Å². The minimum atomic E-state index is -0.295. The van der Waals surface area contributed by atoms with Gasteiger partial charge in [-0.05, 0) is 12.5 Å². The van der Waals surface area contributed by atoms with Crippen LogP contribution in [0, 0.1) is 10.4 Å². The Hall–Kier alpha value is -2.44. The highest BCUT2D eigenvalue weighted by atomic mass is 16.5. The Labute approximate surface area is 141 Å². The fraction of sp³-hybridized carbons (Fsp3) is 0.529. The zero-order chi connectivity index (χ0) is 17.4. The summed E-state index contributed by atoms with van der Waals surface area (Å²) in [7, 11) is 0. The van der Waals surface area contributed by atoms with Crippen LogP contribution in [0.4, 0.5) is 5.95 Å². The molecule has 0 fully saturated rings. The van der Waals surface area contributed by atoms with Crippen molar-refractivity contribution in [2.75, 3.05) is 5.32 Å². The molecule has 1 heterocycles. The molecule has 24 heavy (non-hydrogen) atoms. The number of para-hydroxylation sites is 2. The van der Waals surface area contributed by atoms with E-state index in [1.165, 1.54) is 37.8 Å². The van der Waals surface area contributed by atoms with Crippen LogP contribution in [-0.2, 0) is 4.79 Å². The van der Waals surface area contributed by atoms with Crippen LogP contribution in [0.1, 0.15) is 58.3 Å². The smallest absolute Gasteiger partial charge is 0.468 e. The van der Waals surface area contributed by atoms with Gasteiger partial charge in [0.25, 0.3) is 11.4 Å². The van der Waals surface area contributed by atoms with Crippen molar-refractivity contribution in [3.05, 3.63) is 34.7 Å². The van der Waals surface area contributed by atoms with Gasteiger partial charge in [-0.3, -0.25) is 4.79 Å². The Morgan fingerprint density at radius 1 is 1.04 bits per heavy atom. The highest BCUT2D eigenvalue weighted by Gasteiger charge is 2.21. The highest BCUT2D eigenvalue weighted by Crippen LogP contribution is 2.09. The molecule has 0 atom stereocenters. The van der Waals surface area contributed by atoms with Gasteiger partial charge in [-0.15, -0.1) is 0 Å². The molecule has 1 N–H and O–H groups in total. The molecule has 1 amide bonds. The van der Waals surface area contributed by atoms with E-state index in [0.29, 0.717) is 16.0 Å². The van der Waals surface area contributed by atoms with Gasteiger partial charge in [0.2, 0.25) is 5.10 Å². The second kappa shape index (κ2) is 9.00. The second-order valence-electron chi connectivity index (χ2n) is 5.90. The summed E-state index contributed by atoms with van der Waals surface area (Å²) < 4.78 is 0.479. The Morgan fingerprint density at radius 3 is 2.38 bits per heavy atom. The molecule has 0 aliphatic heterocycles. The van der Waals surface area contributed by atoms with E-state index in [2.05, 4.69) is 17.3 Å². The number of aromatic nitrogens is 3. The van der Waals surface area contributed by atoms with Gasteiger partial charge in [-0.2, -0.15) is 0 Å². The van der Waals surface area contributed by atoms with Gasteiger partial charge in [-0.1, -0.05) is 57.6 Å². The molecule has 130 valence electrons. The first kappa shape index (κ1) is 17.9. The molecule has 0 saturated heterocycles. The van der Waals surface area contributed by atoms with Crippen LogP contribution >= 0.6 is 0 Å². The standard InChI is InChI=1S/C17H24N4O3/c1-2-3-4-5-6-7-8-13-16(22)18-17-19-21(24)15-12-10-9-11-14(15)20(17)23/h9-12H,2-8,13H2,1H3,(H,18,19,22). The van der Waals surface area contributed by atoms with Gasteiger partial charge in [0, 0.05) is 17.3 Å². The Kier molecular flexibility index (Phi) is 6.72. The average molecular weight is 332 g/mol. The lowest BCUT2D eigenvalue weighted by atomic mass is 10.1. The fourth-order valence-corrected chi connectivity index (χ4v) is 2.60. The normalized spacial score (nSPS) is 10.9. The molecular formula is C17H24N4O3. The molecule has 1 aromatic carbocycles. The van der Waals surface area contributed by atoms with Gasteiger partial charge < -0.3 is 10.4 Å². The van der Waals surface area contributed by atoms with Gasteiger partial charge in [0.05, 0.1) is 0 Å². The van der Waals surface area contributed by atoms with E-state index in [1.54, 1.807) is 12.1 Å². The molecule has 0 spiro atoms. The number of carbonyl (C=O) groups is 1. The number of nitrogens with zero attached hydrogens (tertiary/aromatic N) is 3. The van der Waals surface area contributed by atoms with E-state index in [4.69, 9.17) is 0 Å². The van der Waals surface area contributed by atoms with Gasteiger partial charge in [0.15, 0.2) is 5.52 Å². The van der Waals surface area contributed by atoms with E-state index in [0.717, 1.165) is 19.3 Å². The average Bonchev–Trinajstić information content (AvgIpc) is 2.59. The number of anilines is 1. The number of fused-ring (bicyclic) bond motifs is 1. The Bertz CT molecular complexity index is 691. The fourth-order valence-electron chi connectivity index (χ4n) is 2.60. The minimum absolute atomic E-state index is 0.164. The molecule has 7 nitrogen and oxygen atoms in total. The van der Waals surface area contributed by atoms with Crippen LogP contribution in [0.3, 0.4) is 0 Å². The third-order valence-corrected chi connectivity index (χ3v) is 3.94. The van der Waals surface area contributed by atoms with Crippen molar-refractivity contribution in [3.63, 3.8) is 0 Å². The van der Waals surface area contributed by atoms with Crippen molar-refractivity contribution in [1.29, 1.82) is 0 Å². The number of carbonyl (C=O) groups excluding carboxylic acids is 1. The molecule has 0 aliphatic carbocycles. The number of nitrogens with one attached hydrogen (secondary N) is 1. The largest absolute Gasteiger partial charge is 0.739 e. The predicted octanol–water partition coefficient (Wildman–Crippen LogP) is 2.58. The summed E-state index contributed by atoms with van der Waals surface area (Å²) >= 11 is 0. The molecular weight excluding hydrogens is 308 g/mol. The summed E-state index contributed by atoms with van der Waals surface area (Å²) in [6.45, 7) is 2.18. The molecule has 1 aromatic heterocycles. The van der Waals surface area contributed by atoms with Crippen LogP contribution < -0.4 is 14.9 Å². The summed E-state index contributed by atoms with van der Waals surface area (Å²) in [6.07, 6.45) is 8.10. The number of hydrogen-bond acceptors (Lipinski definition) is 4. The lowest BCUT2D eigenvalue weighted by Gasteiger charge is -2.09. The summed E-state index contributed by atoms with van der Waals surface area (Å²) in [4.78, 5) is 12.3. The number of amides is 1. The van der Waals surface area contributed by atoms with Gasteiger partial charge >= 0.3 is 5.95 Å². The molecule has 2 rings (SSSR count). The van der Waals surface area contributed by atoms with E-state index >= 15 is 0 Å². The van der Waals surface area contributed by atoms with Crippen LogP contribution in [0.25, 0.3) is 11.0 Å². The number of rotatable bonds is 9. The quantitative estimate of drug-likeness (QED) is 0.433. The third-order valence-electron chi connectivity index (χ3n) is 3.94. The Morgan fingerprint density at radius 2 is 1.67 bits per heavy atom. The molecule has 0 aliphatic rings. The van der Waals surface area contributed by atoms with E-state index in [-0.39, 0.29) is 22.9 Å². The minimum Gasteiger partial charge on any atom is -0.739 e. The molecule has 0 bridgehead atoms. The van der Waals surface area contributed by atoms with Crippen molar-refractivity contribution in [2.24, 2.45) is 0 Å². The van der Waals surface area contributed by atoms with Crippen molar-refractivity contribution in [2.45, 2.75) is 58.3 Å². The highest BCUT2D eigenvalue weighted by molar-refractivity contribution is 5.88. The molecule has 0 saturated carbocycles. The maximum Gasteiger partial charge on any atom is 0.468 e. The summed E-state index contributed by atoms with van der Waals surface area (Å²) in [5.74, 6) is -0.576. The first-order valence-electron chi connectivity index (χ1n) is 8.55. The summed E-state index contributed by atoms with van der Waals surface area (Å²) in [6, 6.07) is 6.33. The van der Waals surface area contributed by atoms with Crippen molar-refractivity contribution >= 4 is 22.9 Å². The number of benzene rings is 1. The molecule has 2 aromatic rings. The first-order valence-corrected chi connectivity index (χ1v) is 8.55. The van der Waals surface area contributed by atoms with Crippen LogP contribution in [0.5, 0.6) is 0 Å². The molecule has 7 heteroatoms. The van der Waals surface area contributed by atoms with Crippen LogP contribution in [0.2, 0.25) is 0 Å². The lowest BCUT2D eigenvalue weighted by Crippen LogP contribution is -2.44. The van der Waals surface area contributed by atoms with Gasteiger partial charge in [0.1, 0.15) is 0 Å². The van der Waals surface area contributed by atoms with E-state index in [1.807, 2.05) is 0 Å². The predicted molar refractivity (Wildman–Crippen MR) is 90.9 cm³/mol. The topological polar surface area (TPSA) is 95.9 Å². The monoisotopic (exact) mass is 332 g/mol. The van der Waals surface area contributed by atoms with Crippen LogP contribution in [0.15, 0.2) is 24.3 Å². The summed E-state index contributed by atoms with van der Waals surface area (Å²) in [5.41, 5.74) is 0.339. The molecule has 0 radical (unpaired) electrons. The zero-order valence-corrected chi connectivity index (χ0v) is 14.0. The third kappa shape index (κ3) is 4.78. The van der Waals surface area contributed by atoms with E-state index in [9.17, 15) is 15.2 Å². The number of hydrogen-bond donors (Lipinski definition) is 1. The lowest BCUT2D eigenvalue weighted by molar-refractivity contribution is -0.672. The van der Waals surface area contributed by atoms with Crippen LogP contribution in [-0.4, -0.2) is 11.0 Å². The first-order chi connectivity index (χ1) is 11.6. The maximum atomic E-state index is 12.2. The molecule has 0 unspecified atom stereocenters. The second-order valence-corrected chi connectivity index (χ2v) is 5.90. The zero-order valence-electron chi connectivity index (χ0n) is 14.0. The van der Waals surface area contributed by atoms with Crippen molar-refractivity contribution < 1.29 is 14.4 Å². The SMILES string of the molecule is CCCCCCCCCC(=O)Nc1n[n+]([O-])c2ccccc2[n+]1[O-]. The van der Waals surface area contributed by atoms with Gasteiger partial charge in [-0.25, -0.2) is 10.0 Å². The van der Waals surface area contributed by atoms with E-state index < -0.39 is 0 Å².